The van der Waals surface area contributed by atoms with Crippen LogP contribution >= 0.6 is 27.3 Å². The number of furan rings is 1. The molecule has 1 unspecified atom stereocenters. The van der Waals surface area contributed by atoms with E-state index in [4.69, 9.17) is 9.15 Å². The van der Waals surface area contributed by atoms with Crippen molar-refractivity contribution in [2.24, 2.45) is 0 Å². The molecule has 1 aromatic carbocycles. The summed E-state index contributed by atoms with van der Waals surface area (Å²) in [6.45, 7) is 0.750. The number of anilines is 1. The molecule has 1 N–H and O–H groups in total. The lowest BCUT2D eigenvalue weighted by molar-refractivity contribution is 0.0998. The first kappa shape index (κ1) is 14.8. The van der Waals surface area contributed by atoms with Crippen LogP contribution in [0.25, 0.3) is 11.0 Å². The Hall–Kier alpha value is -1.77. The first-order chi connectivity index (χ1) is 11.2. The summed E-state index contributed by atoms with van der Waals surface area (Å²) in [6.07, 6.45) is 1.98. The van der Waals surface area contributed by atoms with Crippen molar-refractivity contribution in [3.8, 4) is 0 Å². The molecule has 4 rings (SSSR count). The maximum absolute atomic E-state index is 12.3. The van der Waals surface area contributed by atoms with E-state index in [1.807, 2.05) is 18.2 Å². The summed E-state index contributed by atoms with van der Waals surface area (Å²) in [4.78, 5) is 12.3. The second kappa shape index (κ2) is 6.03. The summed E-state index contributed by atoms with van der Waals surface area (Å²) in [7, 11) is 0. The number of aromatic nitrogens is 2. The third-order valence-corrected chi connectivity index (χ3v) is 4.99. The zero-order chi connectivity index (χ0) is 15.8. The van der Waals surface area contributed by atoms with Gasteiger partial charge in [0.2, 0.25) is 5.13 Å². The Morgan fingerprint density at radius 3 is 3.09 bits per heavy atom. The van der Waals surface area contributed by atoms with Crippen LogP contribution in [0.4, 0.5) is 5.13 Å². The molecule has 1 saturated heterocycles. The average Bonchev–Trinajstić information content (AvgIpc) is 3.26. The number of hydrogen-bond donors (Lipinski definition) is 1. The van der Waals surface area contributed by atoms with E-state index in [1.165, 1.54) is 11.3 Å². The van der Waals surface area contributed by atoms with Crippen LogP contribution in [0, 0.1) is 0 Å². The monoisotopic (exact) mass is 393 g/mol. The molecule has 6 nitrogen and oxygen atoms in total. The number of amides is 1. The Kier molecular flexibility index (Phi) is 3.88. The molecule has 1 fully saturated rings. The van der Waals surface area contributed by atoms with Gasteiger partial charge in [-0.05, 0) is 37.1 Å². The average molecular weight is 394 g/mol. The van der Waals surface area contributed by atoms with Crippen molar-refractivity contribution in [2.45, 2.75) is 18.9 Å². The zero-order valence-electron chi connectivity index (χ0n) is 11.9. The minimum atomic E-state index is -0.340. The fourth-order valence-corrected chi connectivity index (χ4v) is 3.67. The second-order valence-electron chi connectivity index (χ2n) is 5.19. The summed E-state index contributed by atoms with van der Waals surface area (Å²) < 4.78 is 12.1. The SMILES string of the molecule is O=C(Nc1nnc(C2CCCO2)s1)c1cc2cc(Br)ccc2o1. The predicted molar refractivity (Wildman–Crippen MR) is 89.7 cm³/mol. The third-order valence-electron chi connectivity index (χ3n) is 3.57. The van der Waals surface area contributed by atoms with E-state index in [2.05, 4.69) is 31.4 Å². The number of ether oxygens (including phenoxy) is 1. The fourth-order valence-electron chi connectivity index (χ4n) is 2.47. The molecule has 2 aromatic heterocycles. The summed E-state index contributed by atoms with van der Waals surface area (Å²) >= 11 is 4.73. The van der Waals surface area contributed by atoms with Gasteiger partial charge in [-0.1, -0.05) is 27.3 Å². The molecule has 1 atom stereocenters. The Labute approximate surface area is 144 Å². The van der Waals surface area contributed by atoms with Gasteiger partial charge in [0.25, 0.3) is 5.91 Å². The number of nitrogens with one attached hydrogen (secondary N) is 1. The smallest absolute Gasteiger partial charge is 0.293 e. The van der Waals surface area contributed by atoms with E-state index in [-0.39, 0.29) is 17.8 Å². The Morgan fingerprint density at radius 1 is 1.35 bits per heavy atom. The van der Waals surface area contributed by atoms with Crippen molar-refractivity contribution in [1.29, 1.82) is 0 Å². The van der Waals surface area contributed by atoms with Gasteiger partial charge in [0.1, 0.15) is 16.7 Å². The minimum absolute atomic E-state index is 0.00158. The molecule has 3 heterocycles. The molecule has 23 heavy (non-hydrogen) atoms. The largest absolute Gasteiger partial charge is 0.451 e. The van der Waals surface area contributed by atoms with Crippen molar-refractivity contribution in [1.82, 2.24) is 10.2 Å². The first-order valence-corrected chi connectivity index (χ1v) is 8.75. The van der Waals surface area contributed by atoms with Crippen LogP contribution in [0.2, 0.25) is 0 Å². The normalized spacial score (nSPS) is 17.7. The Morgan fingerprint density at radius 2 is 2.26 bits per heavy atom. The topological polar surface area (TPSA) is 77.2 Å². The van der Waals surface area contributed by atoms with E-state index in [0.717, 1.165) is 34.3 Å². The lowest BCUT2D eigenvalue weighted by atomic mass is 10.2. The Balaban J connectivity index is 1.52. The van der Waals surface area contributed by atoms with Crippen LogP contribution < -0.4 is 5.32 Å². The molecule has 0 spiro atoms. The quantitative estimate of drug-likeness (QED) is 0.722. The molecular weight excluding hydrogens is 382 g/mol. The molecule has 0 bridgehead atoms. The van der Waals surface area contributed by atoms with Crippen molar-refractivity contribution in [2.75, 3.05) is 11.9 Å². The number of halogens is 1. The van der Waals surface area contributed by atoms with Gasteiger partial charge in [0.05, 0.1) is 0 Å². The van der Waals surface area contributed by atoms with Crippen LogP contribution in [0.15, 0.2) is 33.2 Å². The van der Waals surface area contributed by atoms with Gasteiger partial charge in [-0.15, -0.1) is 10.2 Å². The lowest BCUT2D eigenvalue weighted by Crippen LogP contribution is -2.10. The number of fused-ring (bicyclic) bond motifs is 1. The third kappa shape index (κ3) is 3.01. The molecule has 0 radical (unpaired) electrons. The highest BCUT2D eigenvalue weighted by Crippen LogP contribution is 2.32. The van der Waals surface area contributed by atoms with Gasteiger partial charge >= 0.3 is 0 Å². The van der Waals surface area contributed by atoms with Gasteiger partial charge in [0, 0.05) is 16.5 Å². The van der Waals surface area contributed by atoms with Crippen LogP contribution in [-0.2, 0) is 4.74 Å². The van der Waals surface area contributed by atoms with Gasteiger partial charge < -0.3 is 9.15 Å². The van der Waals surface area contributed by atoms with Crippen LogP contribution in [0.5, 0.6) is 0 Å². The van der Waals surface area contributed by atoms with Crippen molar-refractivity contribution >= 4 is 49.3 Å². The maximum atomic E-state index is 12.3. The van der Waals surface area contributed by atoms with Gasteiger partial charge in [0.15, 0.2) is 5.76 Å². The molecule has 8 heteroatoms. The van der Waals surface area contributed by atoms with Crippen LogP contribution in [-0.4, -0.2) is 22.7 Å². The predicted octanol–water partition coefficient (Wildman–Crippen LogP) is 4.15. The van der Waals surface area contributed by atoms with Crippen LogP contribution in [0.3, 0.4) is 0 Å². The molecular formula is C15H12BrN3O3S. The molecule has 3 aromatic rings. The summed E-state index contributed by atoms with van der Waals surface area (Å²) in [5, 5.41) is 12.9. The number of hydrogen-bond acceptors (Lipinski definition) is 6. The number of carbonyl (C=O) groups excluding carboxylic acids is 1. The number of rotatable bonds is 3. The maximum Gasteiger partial charge on any atom is 0.293 e. The van der Waals surface area contributed by atoms with Gasteiger partial charge in [-0.3, -0.25) is 10.1 Å². The number of nitrogens with zero attached hydrogens (tertiary/aromatic N) is 2. The first-order valence-electron chi connectivity index (χ1n) is 7.14. The number of carbonyl (C=O) groups is 1. The summed E-state index contributed by atoms with van der Waals surface area (Å²) in [5.41, 5.74) is 0.663. The molecule has 118 valence electrons. The second-order valence-corrected chi connectivity index (χ2v) is 7.12. The Bertz CT molecular complexity index is 870. The van der Waals surface area contributed by atoms with E-state index in [9.17, 15) is 4.79 Å². The highest BCUT2D eigenvalue weighted by Gasteiger charge is 2.23. The highest BCUT2D eigenvalue weighted by atomic mass is 79.9. The van der Waals surface area contributed by atoms with E-state index in [1.54, 1.807) is 6.07 Å². The lowest BCUT2D eigenvalue weighted by Gasteiger charge is -2.02. The van der Waals surface area contributed by atoms with Gasteiger partial charge in [-0.25, -0.2) is 0 Å². The van der Waals surface area contributed by atoms with Crippen molar-refractivity contribution < 1.29 is 13.9 Å². The number of benzene rings is 1. The fraction of sp³-hybridized carbons (Fsp3) is 0.267. The van der Waals surface area contributed by atoms with Gasteiger partial charge in [-0.2, -0.15) is 0 Å². The molecule has 1 aliphatic rings. The van der Waals surface area contributed by atoms with Crippen molar-refractivity contribution in [3.05, 3.63) is 39.5 Å². The summed E-state index contributed by atoms with van der Waals surface area (Å²) in [6, 6.07) is 7.29. The van der Waals surface area contributed by atoms with E-state index >= 15 is 0 Å². The summed E-state index contributed by atoms with van der Waals surface area (Å²) in [5.74, 6) is -0.0978. The molecule has 1 amide bonds. The molecule has 0 saturated carbocycles. The molecule has 1 aliphatic heterocycles. The van der Waals surface area contributed by atoms with E-state index < -0.39 is 0 Å². The highest BCUT2D eigenvalue weighted by molar-refractivity contribution is 9.10. The molecule has 0 aliphatic carbocycles. The standard InChI is InChI=1S/C15H12BrN3O3S/c16-9-3-4-10-8(6-9)7-12(22-10)13(20)17-15-19-18-14(23-15)11-2-1-5-21-11/h3-4,6-7,11H,1-2,5H2,(H,17,19,20). The zero-order valence-corrected chi connectivity index (χ0v) is 14.3. The minimum Gasteiger partial charge on any atom is -0.451 e. The van der Waals surface area contributed by atoms with Crippen LogP contribution in [0.1, 0.15) is 34.5 Å². The van der Waals surface area contributed by atoms with E-state index in [0.29, 0.717) is 10.7 Å². The van der Waals surface area contributed by atoms with Crippen molar-refractivity contribution in [3.63, 3.8) is 0 Å².